The molecule has 1 aliphatic rings. The number of ether oxygens (including phenoxy) is 5. The van der Waals surface area contributed by atoms with Gasteiger partial charge in [0.15, 0.2) is 17.3 Å². The van der Waals surface area contributed by atoms with Gasteiger partial charge in [-0.15, -0.1) is 0 Å². The van der Waals surface area contributed by atoms with Gasteiger partial charge < -0.3 is 23.7 Å². The Morgan fingerprint density at radius 2 is 1.62 bits per heavy atom. The predicted molar refractivity (Wildman–Crippen MR) is 115 cm³/mol. The van der Waals surface area contributed by atoms with Crippen molar-refractivity contribution in [3.63, 3.8) is 0 Å². The zero-order valence-electron chi connectivity index (χ0n) is 17.6. The molecule has 32 heavy (non-hydrogen) atoms. The molecule has 162 valence electrons. The summed E-state index contributed by atoms with van der Waals surface area (Å²) in [5.41, 5.74) is 1.35. The summed E-state index contributed by atoms with van der Waals surface area (Å²) in [5, 5.41) is 0. The minimum absolute atomic E-state index is 0.117. The van der Waals surface area contributed by atoms with Gasteiger partial charge in [0.2, 0.25) is 11.5 Å². The van der Waals surface area contributed by atoms with Crippen molar-refractivity contribution in [3.05, 3.63) is 77.3 Å². The molecule has 4 rings (SSSR count). The van der Waals surface area contributed by atoms with Crippen molar-refractivity contribution in [2.75, 3.05) is 21.3 Å². The SMILES string of the molecule is COc1cc(/C=C2\Oc3cc(OC(=O)c4ccncc4)ccc3C2=O)cc(OC)c1OC. The van der Waals surface area contributed by atoms with Crippen LogP contribution in [0.2, 0.25) is 0 Å². The van der Waals surface area contributed by atoms with Crippen molar-refractivity contribution in [2.24, 2.45) is 0 Å². The van der Waals surface area contributed by atoms with E-state index in [1.165, 1.54) is 39.8 Å². The molecule has 0 atom stereocenters. The number of Topliss-reactive ketones (excluding diaryl/α,β-unsaturated/α-hetero) is 1. The predicted octanol–water partition coefficient (Wildman–Crippen LogP) is 3.94. The number of allylic oxidation sites excluding steroid dienone is 1. The van der Waals surface area contributed by atoms with Gasteiger partial charge in [-0.2, -0.15) is 0 Å². The van der Waals surface area contributed by atoms with E-state index in [1.54, 1.807) is 42.5 Å². The molecule has 2 heterocycles. The Morgan fingerprint density at radius 3 is 2.25 bits per heavy atom. The van der Waals surface area contributed by atoms with Crippen LogP contribution in [0.4, 0.5) is 0 Å². The average molecular weight is 433 g/mol. The second-order valence-corrected chi connectivity index (χ2v) is 6.68. The van der Waals surface area contributed by atoms with Gasteiger partial charge in [-0.25, -0.2) is 4.79 Å². The molecular weight excluding hydrogens is 414 g/mol. The lowest BCUT2D eigenvalue weighted by Gasteiger charge is -2.13. The van der Waals surface area contributed by atoms with Crippen LogP contribution in [-0.4, -0.2) is 38.1 Å². The molecule has 8 nitrogen and oxygen atoms in total. The Kier molecular flexibility index (Phi) is 5.76. The second kappa shape index (κ2) is 8.81. The molecule has 0 bridgehead atoms. The number of nitrogens with zero attached hydrogens (tertiary/aromatic N) is 1. The standard InChI is InChI=1S/C24H19NO7/c1-28-20-11-14(12-21(29-2)23(20)30-3)10-19-22(26)17-5-4-16(13-18(17)32-19)31-24(27)15-6-8-25-9-7-15/h4-13H,1-3H3/b19-10-. The van der Waals surface area contributed by atoms with E-state index in [4.69, 9.17) is 23.7 Å². The van der Waals surface area contributed by atoms with Crippen LogP contribution in [0.25, 0.3) is 6.08 Å². The lowest BCUT2D eigenvalue weighted by Crippen LogP contribution is -2.08. The molecule has 0 radical (unpaired) electrons. The molecule has 3 aromatic rings. The van der Waals surface area contributed by atoms with E-state index in [2.05, 4.69) is 4.98 Å². The molecule has 1 aromatic heterocycles. The van der Waals surface area contributed by atoms with Gasteiger partial charge in [-0.05, 0) is 48.0 Å². The van der Waals surface area contributed by atoms with Gasteiger partial charge in [0.25, 0.3) is 0 Å². The summed E-state index contributed by atoms with van der Waals surface area (Å²) in [4.78, 5) is 28.9. The van der Waals surface area contributed by atoms with E-state index in [0.717, 1.165) is 0 Å². The number of fused-ring (bicyclic) bond motifs is 1. The van der Waals surface area contributed by atoms with Crippen LogP contribution in [-0.2, 0) is 0 Å². The summed E-state index contributed by atoms with van der Waals surface area (Å²) in [5.74, 6) is 1.19. The Bertz CT molecular complexity index is 1190. The fourth-order valence-corrected chi connectivity index (χ4v) is 3.22. The van der Waals surface area contributed by atoms with Crippen LogP contribution in [0.15, 0.2) is 60.6 Å². The van der Waals surface area contributed by atoms with E-state index in [9.17, 15) is 9.59 Å². The van der Waals surface area contributed by atoms with Crippen molar-refractivity contribution >= 4 is 17.8 Å². The highest BCUT2D eigenvalue weighted by Gasteiger charge is 2.28. The third-order valence-corrected chi connectivity index (χ3v) is 4.75. The number of hydrogen-bond donors (Lipinski definition) is 0. The molecule has 0 N–H and O–H groups in total. The first kappa shape index (κ1) is 20.9. The maximum Gasteiger partial charge on any atom is 0.343 e. The first-order valence-corrected chi connectivity index (χ1v) is 9.54. The van der Waals surface area contributed by atoms with Gasteiger partial charge in [-0.3, -0.25) is 9.78 Å². The first-order chi connectivity index (χ1) is 15.5. The van der Waals surface area contributed by atoms with E-state index in [1.807, 2.05) is 0 Å². The summed E-state index contributed by atoms with van der Waals surface area (Å²) >= 11 is 0. The molecule has 2 aromatic carbocycles. The highest BCUT2D eigenvalue weighted by molar-refractivity contribution is 6.14. The fraction of sp³-hybridized carbons (Fsp3) is 0.125. The fourth-order valence-electron chi connectivity index (χ4n) is 3.22. The molecule has 0 aliphatic carbocycles. The van der Waals surface area contributed by atoms with E-state index in [0.29, 0.717) is 39.7 Å². The van der Waals surface area contributed by atoms with Crippen molar-refractivity contribution in [2.45, 2.75) is 0 Å². The number of aromatic nitrogens is 1. The highest BCUT2D eigenvalue weighted by atomic mass is 16.5. The number of pyridine rings is 1. The third-order valence-electron chi connectivity index (χ3n) is 4.75. The summed E-state index contributed by atoms with van der Waals surface area (Å²) in [7, 11) is 4.53. The van der Waals surface area contributed by atoms with Gasteiger partial charge in [0.05, 0.1) is 32.5 Å². The molecule has 0 saturated heterocycles. The number of methoxy groups -OCH3 is 3. The molecule has 8 heteroatoms. The Labute approximate surface area is 184 Å². The number of esters is 1. The quantitative estimate of drug-likeness (QED) is 0.328. The summed E-state index contributed by atoms with van der Waals surface area (Å²) in [6.07, 6.45) is 4.58. The Morgan fingerprint density at radius 1 is 0.938 bits per heavy atom. The van der Waals surface area contributed by atoms with Crippen LogP contribution in [0, 0.1) is 0 Å². The zero-order valence-corrected chi connectivity index (χ0v) is 17.6. The van der Waals surface area contributed by atoms with Crippen molar-refractivity contribution in [3.8, 4) is 28.7 Å². The zero-order chi connectivity index (χ0) is 22.7. The molecule has 0 fully saturated rings. The van der Waals surface area contributed by atoms with E-state index in [-0.39, 0.29) is 17.3 Å². The van der Waals surface area contributed by atoms with Crippen LogP contribution >= 0.6 is 0 Å². The molecule has 1 aliphatic heterocycles. The lowest BCUT2D eigenvalue weighted by molar-refractivity contribution is 0.0734. The molecule has 0 saturated carbocycles. The number of hydrogen-bond acceptors (Lipinski definition) is 8. The van der Waals surface area contributed by atoms with Crippen molar-refractivity contribution < 1.29 is 33.3 Å². The Balaban J connectivity index is 1.59. The minimum Gasteiger partial charge on any atom is -0.493 e. The van der Waals surface area contributed by atoms with Gasteiger partial charge in [0.1, 0.15) is 11.5 Å². The number of ketones is 1. The normalized spacial score (nSPS) is 13.3. The molecule has 0 amide bonds. The van der Waals surface area contributed by atoms with Gasteiger partial charge >= 0.3 is 5.97 Å². The second-order valence-electron chi connectivity index (χ2n) is 6.68. The number of carbonyl (C=O) groups is 2. The van der Waals surface area contributed by atoms with Gasteiger partial charge in [-0.1, -0.05) is 0 Å². The number of benzene rings is 2. The largest absolute Gasteiger partial charge is 0.493 e. The topological polar surface area (TPSA) is 93.2 Å². The first-order valence-electron chi connectivity index (χ1n) is 9.54. The molecule has 0 unspecified atom stereocenters. The van der Waals surface area contributed by atoms with Crippen molar-refractivity contribution in [1.82, 2.24) is 4.98 Å². The molecule has 0 spiro atoms. The van der Waals surface area contributed by atoms with Crippen LogP contribution in [0.3, 0.4) is 0 Å². The maximum atomic E-state index is 12.8. The summed E-state index contributed by atoms with van der Waals surface area (Å²) in [6, 6.07) is 11.1. The monoisotopic (exact) mass is 433 g/mol. The maximum absolute atomic E-state index is 12.8. The minimum atomic E-state index is -0.537. The third kappa shape index (κ3) is 3.98. The average Bonchev–Trinajstić information content (AvgIpc) is 3.13. The number of rotatable bonds is 6. The Hall–Kier alpha value is -4.33. The molecular formula is C24H19NO7. The van der Waals surface area contributed by atoms with E-state index >= 15 is 0 Å². The lowest BCUT2D eigenvalue weighted by atomic mass is 10.1. The highest BCUT2D eigenvalue weighted by Crippen LogP contribution is 2.40. The van der Waals surface area contributed by atoms with Crippen molar-refractivity contribution in [1.29, 1.82) is 0 Å². The summed E-state index contributed by atoms with van der Waals surface area (Å²) in [6.45, 7) is 0. The van der Waals surface area contributed by atoms with Crippen LogP contribution < -0.4 is 23.7 Å². The number of carbonyl (C=O) groups excluding carboxylic acids is 2. The van der Waals surface area contributed by atoms with Crippen LogP contribution in [0.5, 0.6) is 28.7 Å². The van der Waals surface area contributed by atoms with Gasteiger partial charge in [0, 0.05) is 18.5 Å². The smallest absolute Gasteiger partial charge is 0.343 e. The summed E-state index contributed by atoms with van der Waals surface area (Å²) < 4.78 is 27.1. The van der Waals surface area contributed by atoms with E-state index < -0.39 is 5.97 Å². The van der Waals surface area contributed by atoms with Crippen LogP contribution in [0.1, 0.15) is 26.3 Å².